The maximum absolute atomic E-state index is 6.23. The van der Waals surface area contributed by atoms with Gasteiger partial charge in [-0.1, -0.05) is 34.1 Å². The molecule has 0 amide bonds. The summed E-state index contributed by atoms with van der Waals surface area (Å²) in [6.45, 7) is 10.4. The second-order valence-corrected chi connectivity index (χ2v) is 9.66. The number of hydrogen-bond donors (Lipinski definition) is 0. The van der Waals surface area contributed by atoms with Crippen LogP contribution in [0.5, 0.6) is 0 Å². The molecule has 0 aromatic carbocycles. The predicted octanol–water partition coefficient (Wildman–Crippen LogP) is 4.05. The minimum absolute atomic E-state index is 0.818. The molecule has 0 aromatic heterocycles. The minimum atomic E-state index is -1.31. The Morgan fingerprint density at radius 1 is 1.00 bits per heavy atom. The van der Waals surface area contributed by atoms with Crippen molar-refractivity contribution in [2.75, 3.05) is 6.61 Å². The van der Waals surface area contributed by atoms with E-state index in [1.807, 2.05) is 0 Å². The van der Waals surface area contributed by atoms with Crippen molar-refractivity contribution in [3.05, 3.63) is 0 Å². The first-order chi connectivity index (χ1) is 6.54. The highest BCUT2D eigenvalue weighted by Gasteiger charge is 2.37. The van der Waals surface area contributed by atoms with Crippen molar-refractivity contribution in [2.45, 2.75) is 58.7 Å². The molecule has 14 heavy (non-hydrogen) atoms. The highest BCUT2D eigenvalue weighted by atomic mass is 28.4. The average Bonchev–Trinajstić information content (AvgIpc) is 2.01. The third kappa shape index (κ3) is 3.74. The highest BCUT2D eigenvalue weighted by molar-refractivity contribution is 6.74. The van der Waals surface area contributed by atoms with E-state index in [4.69, 9.17) is 4.43 Å². The lowest BCUT2D eigenvalue weighted by Gasteiger charge is -2.37. The van der Waals surface area contributed by atoms with Crippen molar-refractivity contribution in [3.63, 3.8) is 0 Å². The molecule has 0 radical (unpaired) electrons. The van der Waals surface area contributed by atoms with E-state index in [-0.39, 0.29) is 0 Å². The highest BCUT2D eigenvalue weighted by Crippen LogP contribution is 2.34. The van der Waals surface area contributed by atoms with Crippen LogP contribution in [0.15, 0.2) is 0 Å². The monoisotopic (exact) mass is 214 g/mol. The SMILES string of the molecule is CC(C)C[Si]1(CC(C)C)CCCCO1. The fourth-order valence-electron chi connectivity index (χ4n) is 2.80. The summed E-state index contributed by atoms with van der Waals surface area (Å²) in [5.41, 5.74) is 0. The van der Waals surface area contributed by atoms with Crippen LogP contribution < -0.4 is 0 Å². The van der Waals surface area contributed by atoms with E-state index in [0.717, 1.165) is 18.4 Å². The van der Waals surface area contributed by atoms with Gasteiger partial charge < -0.3 is 4.43 Å². The Hall–Kier alpha value is 0.177. The molecule has 0 aliphatic carbocycles. The van der Waals surface area contributed by atoms with Gasteiger partial charge in [0.25, 0.3) is 0 Å². The molecule has 0 atom stereocenters. The van der Waals surface area contributed by atoms with Crippen LogP contribution in [0.1, 0.15) is 40.5 Å². The zero-order valence-corrected chi connectivity index (χ0v) is 11.3. The van der Waals surface area contributed by atoms with Crippen LogP contribution in [0.4, 0.5) is 0 Å². The molecule has 1 saturated heterocycles. The third-order valence-corrected chi connectivity index (χ3v) is 8.20. The molecule has 1 fully saturated rings. The van der Waals surface area contributed by atoms with Crippen molar-refractivity contribution < 1.29 is 4.43 Å². The van der Waals surface area contributed by atoms with Crippen LogP contribution in [0.25, 0.3) is 0 Å². The first-order valence-electron chi connectivity index (χ1n) is 6.18. The molecule has 2 heteroatoms. The molecule has 1 nitrogen and oxygen atoms in total. The number of hydrogen-bond acceptors (Lipinski definition) is 1. The summed E-state index contributed by atoms with van der Waals surface area (Å²) in [7, 11) is -1.31. The molecule has 1 heterocycles. The molecule has 1 aliphatic rings. The zero-order chi connectivity index (χ0) is 10.6. The Balaban J connectivity index is 2.57. The molecule has 0 aromatic rings. The first-order valence-corrected chi connectivity index (χ1v) is 8.71. The Kier molecular flexibility index (Phi) is 4.65. The van der Waals surface area contributed by atoms with E-state index in [2.05, 4.69) is 27.7 Å². The van der Waals surface area contributed by atoms with Crippen molar-refractivity contribution in [1.82, 2.24) is 0 Å². The molecule has 0 bridgehead atoms. The molecule has 0 saturated carbocycles. The standard InChI is InChI=1S/C12H26OSi/c1-11(2)9-14(10-12(3)4)8-6-5-7-13-14/h11-12H,5-10H2,1-4H3. The predicted molar refractivity (Wildman–Crippen MR) is 65.0 cm³/mol. The molecule has 0 unspecified atom stereocenters. The quantitative estimate of drug-likeness (QED) is 0.641. The molecular weight excluding hydrogens is 188 g/mol. The average molecular weight is 214 g/mol. The second kappa shape index (κ2) is 5.31. The maximum Gasteiger partial charge on any atom is 0.193 e. The van der Waals surface area contributed by atoms with Gasteiger partial charge in [-0.05, 0) is 36.4 Å². The number of rotatable bonds is 4. The van der Waals surface area contributed by atoms with Crippen LogP contribution in [0.3, 0.4) is 0 Å². The van der Waals surface area contributed by atoms with E-state index in [9.17, 15) is 0 Å². The molecule has 84 valence electrons. The lowest BCUT2D eigenvalue weighted by Crippen LogP contribution is -2.43. The van der Waals surface area contributed by atoms with Gasteiger partial charge in [0.15, 0.2) is 8.32 Å². The fourth-order valence-corrected chi connectivity index (χ4v) is 8.21. The Morgan fingerprint density at radius 2 is 1.57 bits per heavy atom. The fraction of sp³-hybridized carbons (Fsp3) is 1.00. The Labute approximate surface area is 90.4 Å². The molecule has 1 aliphatic heterocycles. The van der Waals surface area contributed by atoms with Crippen LogP contribution in [-0.4, -0.2) is 14.9 Å². The lowest BCUT2D eigenvalue weighted by atomic mass is 10.3. The van der Waals surface area contributed by atoms with Gasteiger partial charge in [0, 0.05) is 6.61 Å². The molecule has 0 spiro atoms. The Bertz CT molecular complexity index is 148. The van der Waals surface area contributed by atoms with E-state index in [1.54, 1.807) is 0 Å². The summed E-state index contributed by atoms with van der Waals surface area (Å²) in [5, 5.41) is 0. The summed E-state index contributed by atoms with van der Waals surface area (Å²) in [4.78, 5) is 0. The van der Waals surface area contributed by atoms with Gasteiger partial charge in [0.2, 0.25) is 0 Å². The third-order valence-electron chi connectivity index (χ3n) is 3.00. The summed E-state index contributed by atoms with van der Waals surface area (Å²) >= 11 is 0. The van der Waals surface area contributed by atoms with E-state index in [1.165, 1.54) is 31.0 Å². The van der Waals surface area contributed by atoms with E-state index in [0.29, 0.717) is 0 Å². The van der Waals surface area contributed by atoms with Crippen molar-refractivity contribution in [1.29, 1.82) is 0 Å². The molecule has 1 rings (SSSR count). The van der Waals surface area contributed by atoms with Crippen molar-refractivity contribution in [3.8, 4) is 0 Å². The first kappa shape index (κ1) is 12.2. The van der Waals surface area contributed by atoms with Gasteiger partial charge >= 0.3 is 0 Å². The summed E-state index contributed by atoms with van der Waals surface area (Å²) < 4.78 is 6.23. The van der Waals surface area contributed by atoms with Gasteiger partial charge in [0.05, 0.1) is 0 Å². The van der Waals surface area contributed by atoms with E-state index >= 15 is 0 Å². The maximum atomic E-state index is 6.23. The topological polar surface area (TPSA) is 9.23 Å². The van der Waals surface area contributed by atoms with Gasteiger partial charge in [0.1, 0.15) is 0 Å². The summed E-state index contributed by atoms with van der Waals surface area (Å²) in [5.74, 6) is 1.64. The summed E-state index contributed by atoms with van der Waals surface area (Å²) in [6.07, 6.45) is 2.72. The largest absolute Gasteiger partial charge is 0.417 e. The Morgan fingerprint density at radius 3 is 1.93 bits per heavy atom. The summed E-state index contributed by atoms with van der Waals surface area (Å²) in [6, 6.07) is 4.18. The second-order valence-electron chi connectivity index (χ2n) is 5.68. The van der Waals surface area contributed by atoms with Crippen molar-refractivity contribution >= 4 is 8.32 Å². The lowest BCUT2D eigenvalue weighted by molar-refractivity contribution is 0.258. The van der Waals surface area contributed by atoms with Crippen LogP contribution in [0.2, 0.25) is 18.1 Å². The zero-order valence-electron chi connectivity index (χ0n) is 10.3. The molecule has 0 N–H and O–H groups in total. The van der Waals surface area contributed by atoms with Crippen LogP contribution in [0, 0.1) is 11.8 Å². The van der Waals surface area contributed by atoms with Gasteiger partial charge in [-0.15, -0.1) is 0 Å². The smallest absolute Gasteiger partial charge is 0.193 e. The normalized spacial score (nSPS) is 21.9. The minimum Gasteiger partial charge on any atom is -0.417 e. The van der Waals surface area contributed by atoms with Gasteiger partial charge in [-0.25, -0.2) is 0 Å². The van der Waals surface area contributed by atoms with Crippen LogP contribution >= 0.6 is 0 Å². The van der Waals surface area contributed by atoms with Gasteiger partial charge in [-0.2, -0.15) is 0 Å². The van der Waals surface area contributed by atoms with Gasteiger partial charge in [-0.3, -0.25) is 0 Å². The van der Waals surface area contributed by atoms with E-state index < -0.39 is 8.32 Å². The van der Waals surface area contributed by atoms with Crippen molar-refractivity contribution in [2.24, 2.45) is 11.8 Å². The van der Waals surface area contributed by atoms with Crippen LogP contribution in [-0.2, 0) is 4.43 Å². The molecular formula is C12H26OSi.